The van der Waals surface area contributed by atoms with Gasteiger partial charge in [0.15, 0.2) is 8.03 Å². The molecule has 1 N–H and O–H groups in total. The first-order chi connectivity index (χ1) is 5.27. The Labute approximate surface area is 90.3 Å². The molecule has 0 fully saturated rings. The summed E-state index contributed by atoms with van der Waals surface area (Å²) >= 11 is 0. The van der Waals surface area contributed by atoms with Crippen molar-refractivity contribution in [1.82, 2.24) is 0 Å². The van der Waals surface area contributed by atoms with E-state index in [0.717, 1.165) is 12.8 Å². The van der Waals surface area contributed by atoms with Crippen LogP contribution in [0, 0.1) is 0 Å². The van der Waals surface area contributed by atoms with Crippen molar-refractivity contribution < 1.29 is 30.5 Å². The summed E-state index contributed by atoms with van der Waals surface area (Å²) in [5.41, 5.74) is 0. The van der Waals surface area contributed by atoms with Gasteiger partial charge in [0.25, 0.3) is 0 Å². The van der Waals surface area contributed by atoms with E-state index in [4.69, 9.17) is 4.89 Å². The van der Waals surface area contributed by atoms with E-state index in [1.54, 1.807) is 0 Å². The molecule has 0 spiro atoms. The molecule has 4 heteroatoms. The molecule has 0 aliphatic carbocycles. The number of hydrogen-bond acceptors (Lipinski definition) is 1. The van der Waals surface area contributed by atoms with Gasteiger partial charge in [-0.2, -0.15) is 0 Å². The van der Waals surface area contributed by atoms with Gasteiger partial charge in [0.1, 0.15) is 0 Å². The molecule has 1 unspecified atom stereocenters. The summed E-state index contributed by atoms with van der Waals surface area (Å²) in [4.78, 5) is 8.50. The molecule has 0 radical (unpaired) electrons. The molecule has 0 bridgehead atoms. The number of unbranched alkanes of at least 4 members (excludes halogenated alkanes) is 5. The molecule has 0 saturated heterocycles. The summed E-state index contributed by atoms with van der Waals surface area (Å²) in [7, 11) is -2.18. The van der Waals surface area contributed by atoms with Gasteiger partial charge >= 0.3 is 0 Å². The minimum absolute atomic E-state index is 0. The molecule has 74 valence electrons. The van der Waals surface area contributed by atoms with E-state index in [0.29, 0.717) is 6.16 Å². The molecule has 0 amide bonds. The van der Waals surface area contributed by atoms with Crippen LogP contribution in [-0.2, 0) is 25.6 Å². The van der Waals surface area contributed by atoms with Gasteiger partial charge in [0, 0.05) is 27.2 Å². The van der Waals surface area contributed by atoms with Gasteiger partial charge in [-0.25, -0.2) is 0 Å². The molecule has 1 atom stereocenters. The summed E-state index contributed by atoms with van der Waals surface area (Å²) in [5, 5.41) is 0. The number of hydrogen-bond donors (Lipinski definition) is 1. The average Bonchev–Trinajstić information content (AvgIpc) is 1.96. The Hall–Kier alpha value is 0.878. The summed E-state index contributed by atoms with van der Waals surface area (Å²) in [6, 6.07) is 0. The van der Waals surface area contributed by atoms with Crippen LogP contribution in [0.1, 0.15) is 45.4 Å². The predicted octanol–water partition coefficient (Wildman–Crippen LogP) is 2.81. The van der Waals surface area contributed by atoms with Gasteiger partial charge in [0.2, 0.25) is 0 Å². The Kier molecular flexibility index (Phi) is 15.2. The molecule has 0 aliphatic rings. The van der Waals surface area contributed by atoms with Crippen molar-refractivity contribution in [1.29, 1.82) is 0 Å². The van der Waals surface area contributed by atoms with Crippen molar-refractivity contribution in [3.63, 3.8) is 0 Å². The topological polar surface area (TPSA) is 37.3 Å². The zero-order valence-electron chi connectivity index (χ0n) is 7.71. The maximum Gasteiger partial charge on any atom is 0.189 e. The van der Waals surface area contributed by atoms with Crippen molar-refractivity contribution >= 4 is 8.03 Å². The fourth-order valence-electron chi connectivity index (χ4n) is 1.06. The van der Waals surface area contributed by atoms with E-state index in [1.807, 2.05) is 0 Å². The van der Waals surface area contributed by atoms with Gasteiger partial charge in [-0.1, -0.05) is 39.0 Å². The number of rotatable bonds is 7. The second-order valence-electron chi connectivity index (χ2n) is 2.91. The fraction of sp³-hybridized carbons (Fsp3) is 1.00. The molecular formula is C8H19MoO2P. The third-order valence-corrected chi connectivity index (χ3v) is 2.53. The summed E-state index contributed by atoms with van der Waals surface area (Å²) in [5.74, 6) is 0. The molecule has 0 rings (SSSR count). The van der Waals surface area contributed by atoms with Crippen LogP contribution < -0.4 is 0 Å². The fourth-order valence-corrected chi connectivity index (χ4v) is 1.61. The van der Waals surface area contributed by atoms with Crippen LogP contribution in [0.2, 0.25) is 0 Å². The van der Waals surface area contributed by atoms with Gasteiger partial charge in [0.05, 0.1) is 0 Å². The molecule has 0 saturated carbocycles. The van der Waals surface area contributed by atoms with E-state index < -0.39 is 8.03 Å². The molecule has 0 aromatic rings. The van der Waals surface area contributed by atoms with Crippen molar-refractivity contribution in [3.05, 3.63) is 0 Å². The Morgan fingerprint density at radius 3 is 2.08 bits per heavy atom. The standard InChI is InChI=1S/C8H19O2P.Mo/c1-2-3-4-5-6-7-8-11(9)10;/h11H,2-8H2,1H3,(H,9,10);. The smallest absolute Gasteiger partial charge is 0.189 e. The zero-order valence-corrected chi connectivity index (χ0v) is 10.7. The average molecular weight is 274 g/mol. The van der Waals surface area contributed by atoms with Gasteiger partial charge in [-0.05, 0) is 6.42 Å². The van der Waals surface area contributed by atoms with Crippen LogP contribution >= 0.6 is 8.03 Å². The van der Waals surface area contributed by atoms with E-state index in [9.17, 15) is 4.57 Å². The minimum atomic E-state index is -2.18. The molecule has 0 aromatic carbocycles. The summed E-state index contributed by atoms with van der Waals surface area (Å²) < 4.78 is 10.3. The van der Waals surface area contributed by atoms with Crippen molar-refractivity contribution in [2.75, 3.05) is 6.16 Å². The van der Waals surface area contributed by atoms with Gasteiger partial charge < -0.3 is 4.89 Å². The maximum atomic E-state index is 10.3. The van der Waals surface area contributed by atoms with Crippen LogP contribution in [0.15, 0.2) is 0 Å². The predicted molar refractivity (Wildman–Crippen MR) is 49.5 cm³/mol. The second-order valence-corrected chi connectivity index (χ2v) is 4.20. The molecular weight excluding hydrogens is 255 g/mol. The van der Waals surface area contributed by atoms with Crippen LogP contribution in [0.25, 0.3) is 0 Å². The quantitative estimate of drug-likeness (QED) is 0.440. The summed E-state index contributed by atoms with van der Waals surface area (Å²) in [6.45, 7) is 2.19. The normalized spacial score (nSPS) is 12.2. The largest absolute Gasteiger partial charge is 0.346 e. The first-order valence-electron chi connectivity index (χ1n) is 4.49. The third kappa shape index (κ3) is 13.5. The van der Waals surface area contributed by atoms with Crippen LogP contribution in [0.4, 0.5) is 0 Å². The van der Waals surface area contributed by atoms with E-state index in [1.165, 1.54) is 25.7 Å². The molecule has 0 aliphatic heterocycles. The van der Waals surface area contributed by atoms with Crippen molar-refractivity contribution in [3.8, 4) is 0 Å². The Morgan fingerprint density at radius 1 is 1.08 bits per heavy atom. The van der Waals surface area contributed by atoms with Crippen LogP contribution in [0.3, 0.4) is 0 Å². The molecule has 0 aromatic heterocycles. The van der Waals surface area contributed by atoms with E-state index in [2.05, 4.69) is 6.92 Å². The van der Waals surface area contributed by atoms with Crippen molar-refractivity contribution in [2.45, 2.75) is 45.4 Å². The first kappa shape index (κ1) is 15.4. The summed E-state index contributed by atoms with van der Waals surface area (Å²) in [6.07, 6.45) is 7.64. The Balaban J connectivity index is 0. The Morgan fingerprint density at radius 2 is 1.58 bits per heavy atom. The van der Waals surface area contributed by atoms with Gasteiger partial charge in [-0.3, -0.25) is 4.57 Å². The van der Waals surface area contributed by atoms with E-state index >= 15 is 0 Å². The third-order valence-electron chi connectivity index (χ3n) is 1.74. The zero-order chi connectivity index (χ0) is 8.53. The van der Waals surface area contributed by atoms with Crippen molar-refractivity contribution in [2.24, 2.45) is 0 Å². The van der Waals surface area contributed by atoms with Crippen LogP contribution in [0.5, 0.6) is 0 Å². The van der Waals surface area contributed by atoms with E-state index in [-0.39, 0.29) is 21.1 Å². The monoisotopic (exact) mass is 276 g/mol. The SMILES string of the molecule is CCCCCCCC[PH](=O)O.[Mo]. The Bertz CT molecular complexity index is 109. The maximum absolute atomic E-state index is 10.3. The second kappa shape index (κ2) is 11.9. The molecule has 12 heavy (non-hydrogen) atoms. The first-order valence-corrected chi connectivity index (χ1v) is 6.05. The van der Waals surface area contributed by atoms with Gasteiger partial charge in [-0.15, -0.1) is 0 Å². The minimum Gasteiger partial charge on any atom is -0.346 e. The molecule has 2 nitrogen and oxygen atoms in total. The molecule has 0 heterocycles. The van der Waals surface area contributed by atoms with Crippen LogP contribution in [-0.4, -0.2) is 11.1 Å².